The smallest absolute Gasteiger partial charge is 0.0583 e. The van der Waals surface area contributed by atoms with Crippen molar-refractivity contribution in [3.63, 3.8) is 0 Å². The average Bonchev–Trinajstić information content (AvgIpc) is 1.87. The quantitative estimate of drug-likeness (QED) is 0.550. The zero-order valence-electron chi connectivity index (χ0n) is 6.16. The zero-order chi connectivity index (χ0) is 7.28. The average molecular weight is 170 g/mol. The lowest BCUT2D eigenvalue weighted by molar-refractivity contribution is 0.135. The minimum absolute atomic E-state index is 0. The molecule has 0 rings (SSSR count). The Balaban J connectivity index is 0. The third-order valence-corrected chi connectivity index (χ3v) is 1.28. The number of hydrogen-bond donors (Lipinski definition) is 3. The van der Waals surface area contributed by atoms with Crippen LogP contribution in [0.4, 0.5) is 0 Å². The van der Waals surface area contributed by atoms with Crippen LogP contribution >= 0.6 is 12.4 Å². The molecular formula is C6H16ClNO2. The van der Waals surface area contributed by atoms with E-state index in [2.05, 4.69) is 0 Å². The van der Waals surface area contributed by atoms with Crippen molar-refractivity contribution in [2.24, 2.45) is 5.73 Å². The number of aliphatic hydroxyl groups excluding tert-OH is 2. The van der Waals surface area contributed by atoms with Gasteiger partial charge in [0.15, 0.2) is 0 Å². The summed E-state index contributed by atoms with van der Waals surface area (Å²) in [6.07, 6.45) is 0.841. The fourth-order valence-corrected chi connectivity index (χ4v) is 0.591. The lowest BCUT2D eigenvalue weighted by Gasteiger charge is -2.11. The van der Waals surface area contributed by atoms with E-state index in [9.17, 15) is 0 Å². The highest BCUT2D eigenvalue weighted by molar-refractivity contribution is 5.85. The van der Waals surface area contributed by atoms with Crippen LogP contribution in [0, 0.1) is 0 Å². The molecule has 0 aromatic heterocycles. The number of halogens is 1. The van der Waals surface area contributed by atoms with Crippen LogP contribution in [-0.4, -0.2) is 29.0 Å². The van der Waals surface area contributed by atoms with E-state index in [0.717, 1.165) is 0 Å². The summed E-state index contributed by atoms with van der Waals surface area (Å²) in [6.45, 7) is 1.84. The van der Waals surface area contributed by atoms with Gasteiger partial charge in [-0.1, -0.05) is 6.92 Å². The predicted molar refractivity (Wildman–Crippen MR) is 43.2 cm³/mol. The van der Waals surface area contributed by atoms with E-state index in [1.807, 2.05) is 6.92 Å². The Morgan fingerprint density at radius 3 is 2.30 bits per heavy atom. The first kappa shape index (κ1) is 12.8. The van der Waals surface area contributed by atoms with E-state index < -0.39 is 0 Å². The van der Waals surface area contributed by atoms with Gasteiger partial charge in [-0.25, -0.2) is 0 Å². The van der Waals surface area contributed by atoms with Gasteiger partial charge in [-0.3, -0.25) is 0 Å². The lowest BCUT2D eigenvalue weighted by atomic mass is 10.1. The van der Waals surface area contributed by atoms with Gasteiger partial charge in [-0.05, 0) is 12.8 Å². The molecule has 0 saturated heterocycles. The molecule has 2 atom stereocenters. The van der Waals surface area contributed by atoms with Crippen LogP contribution in [0.1, 0.15) is 19.8 Å². The largest absolute Gasteiger partial charge is 0.395 e. The first-order chi connectivity index (χ1) is 4.20. The van der Waals surface area contributed by atoms with Crippen molar-refractivity contribution in [3.05, 3.63) is 0 Å². The van der Waals surface area contributed by atoms with E-state index >= 15 is 0 Å². The standard InChI is InChI=1S/C6H15NO2.ClH/c1-2-6(9)3-5(7)4-8;/h5-6,8-9H,2-4,7H2,1H3;1H/t5-,6-;/m0./s1. The Kier molecular flexibility index (Phi) is 9.33. The van der Waals surface area contributed by atoms with Crippen LogP contribution in [0.5, 0.6) is 0 Å². The molecule has 0 aromatic rings. The third-order valence-electron chi connectivity index (χ3n) is 1.28. The second-order valence-corrected chi connectivity index (χ2v) is 2.24. The van der Waals surface area contributed by atoms with E-state index in [1.165, 1.54) is 0 Å². The van der Waals surface area contributed by atoms with Crippen LogP contribution in [-0.2, 0) is 0 Å². The first-order valence-electron chi connectivity index (χ1n) is 3.25. The molecule has 64 valence electrons. The highest BCUT2D eigenvalue weighted by atomic mass is 35.5. The van der Waals surface area contributed by atoms with Crippen molar-refractivity contribution < 1.29 is 10.2 Å². The molecule has 0 aliphatic rings. The molecule has 3 nitrogen and oxygen atoms in total. The van der Waals surface area contributed by atoms with Crippen molar-refractivity contribution >= 4 is 12.4 Å². The monoisotopic (exact) mass is 169 g/mol. The molecule has 0 unspecified atom stereocenters. The van der Waals surface area contributed by atoms with E-state index in [-0.39, 0.29) is 31.2 Å². The minimum atomic E-state index is -0.354. The summed E-state index contributed by atoms with van der Waals surface area (Å²) >= 11 is 0. The Morgan fingerprint density at radius 2 is 2.00 bits per heavy atom. The molecule has 4 heteroatoms. The number of hydrogen-bond acceptors (Lipinski definition) is 3. The topological polar surface area (TPSA) is 66.5 Å². The molecule has 0 fully saturated rings. The summed E-state index contributed by atoms with van der Waals surface area (Å²) < 4.78 is 0. The third kappa shape index (κ3) is 6.29. The highest BCUT2D eigenvalue weighted by Gasteiger charge is 2.06. The Morgan fingerprint density at radius 1 is 1.50 bits per heavy atom. The van der Waals surface area contributed by atoms with Crippen molar-refractivity contribution in [1.82, 2.24) is 0 Å². The van der Waals surface area contributed by atoms with Gasteiger partial charge in [0.25, 0.3) is 0 Å². The Bertz CT molecular complexity index is 64.8. The maximum Gasteiger partial charge on any atom is 0.0583 e. The molecule has 0 bridgehead atoms. The molecule has 10 heavy (non-hydrogen) atoms. The summed E-state index contributed by atoms with van der Waals surface area (Å²) in [5, 5.41) is 17.4. The van der Waals surface area contributed by atoms with E-state index in [4.69, 9.17) is 15.9 Å². The van der Waals surface area contributed by atoms with Gasteiger partial charge in [0, 0.05) is 6.04 Å². The van der Waals surface area contributed by atoms with Gasteiger partial charge in [0.05, 0.1) is 12.7 Å². The Hall–Kier alpha value is 0.170. The molecule has 4 N–H and O–H groups in total. The van der Waals surface area contributed by atoms with Crippen LogP contribution in [0.15, 0.2) is 0 Å². The van der Waals surface area contributed by atoms with Crippen LogP contribution in [0.25, 0.3) is 0 Å². The molecule has 0 amide bonds. The summed E-state index contributed by atoms with van der Waals surface area (Å²) in [7, 11) is 0. The lowest BCUT2D eigenvalue weighted by Crippen LogP contribution is -2.29. The van der Waals surface area contributed by atoms with Crippen LogP contribution in [0.2, 0.25) is 0 Å². The summed E-state index contributed by atoms with van der Waals surface area (Å²) in [6, 6.07) is -0.264. The van der Waals surface area contributed by atoms with Gasteiger partial charge in [0.2, 0.25) is 0 Å². The molecule has 0 heterocycles. The number of aliphatic hydroxyl groups is 2. The molecule has 0 radical (unpaired) electrons. The molecule has 0 aromatic carbocycles. The van der Waals surface area contributed by atoms with Crippen molar-refractivity contribution in [1.29, 1.82) is 0 Å². The van der Waals surface area contributed by atoms with Crippen molar-refractivity contribution in [3.8, 4) is 0 Å². The fourth-order valence-electron chi connectivity index (χ4n) is 0.591. The molecule has 0 aliphatic carbocycles. The normalized spacial score (nSPS) is 15.6. The second-order valence-electron chi connectivity index (χ2n) is 2.24. The minimum Gasteiger partial charge on any atom is -0.395 e. The number of rotatable bonds is 4. The van der Waals surface area contributed by atoms with Gasteiger partial charge in [-0.15, -0.1) is 12.4 Å². The van der Waals surface area contributed by atoms with Gasteiger partial charge >= 0.3 is 0 Å². The summed E-state index contributed by atoms with van der Waals surface area (Å²) in [5.74, 6) is 0. The zero-order valence-corrected chi connectivity index (χ0v) is 6.97. The van der Waals surface area contributed by atoms with Gasteiger partial charge in [0.1, 0.15) is 0 Å². The van der Waals surface area contributed by atoms with Crippen molar-refractivity contribution in [2.45, 2.75) is 31.9 Å². The van der Waals surface area contributed by atoms with Crippen LogP contribution in [0.3, 0.4) is 0 Å². The molecule has 0 saturated carbocycles. The number of nitrogens with two attached hydrogens (primary N) is 1. The first-order valence-corrected chi connectivity index (χ1v) is 3.25. The maximum atomic E-state index is 8.97. The molecule has 0 spiro atoms. The van der Waals surface area contributed by atoms with E-state index in [0.29, 0.717) is 12.8 Å². The fraction of sp³-hybridized carbons (Fsp3) is 1.00. The summed E-state index contributed by atoms with van der Waals surface area (Å²) in [4.78, 5) is 0. The molecular weight excluding hydrogens is 154 g/mol. The van der Waals surface area contributed by atoms with Gasteiger partial charge < -0.3 is 15.9 Å². The second kappa shape index (κ2) is 7.28. The van der Waals surface area contributed by atoms with Gasteiger partial charge in [-0.2, -0.15) is 0 Å². The highest BCUT2D eigenvalue weighted by Crippen LogP contribution is 1.98. The Labute approximate surface area is 67.6 Å². The maximum absolute atomic E-state index is 8.97. The summed E-state index contributed by atoms with van der Waals surface area (Å²) in [5.41, 5.74) is 5.34. The SMILES string of the molecule is CC[C@H](O)C[C@H](N)CO.Cl. The predicted octanol–water partition coefficient (Wildman–Crippen LogP) is -0.111. The van der Waals surface area contributed by atoms with Crippen molar-refractivity contribution in [2.75, 3.05) is 6.61 Å². The van der Waals surface area contributed by atoms with Crippen LogP contribution < -0.4 is 5.73 Å². The van der Waals surface area contributed by atoms with E-state index in [1.54, 1.807) is 0 Å². The molecule has 0 aliphatic heterocycles.